The lowest BCUT2D eigenvalue weighted by molar-refractivity contribution is -0.161. The largest absolute Gasteiger partial charge is 0.465 e. The van der Waals surface area contributed by atoms with Gasteiger partial charge in [-0.15, -0.1) is 0 Å². The number of ketones is 1. The van der Waals surface area contributed by atoms with E-state index in [4.69, 9.17) is 4.74 Å². The van der Waals surface area contributed by atoms with Crippen LogP contribution in [0.4, 0.5) is 0 Å². The van der Waals surface area contributed by atoms with Crippen molar-refractivity contribution < 1.29 is 14.3 Å². The zero-order chi connectivity index (χ0) is 23.2. The van der Waals surface area contributed by atoms with Gasteiger partial charge in [0.2, 0.25) is 0 Å². The zero-order valence-electron chi connectivity index (χ0n) is 21.6. The minimum atomic E-state index is -0.903. The van der Waals surface area contributed by atoms with Crippen LogP contribution in [0.15, 0.2) is 0 Å². The number of carbonyl (C=O) groups excluding carboxylic acids is 2. The van der Waals surface area contributed by atoms with Crippen molar-refractivity contribution in [1.29, 1.82) is 0 Å². The highest BCUT2D eigenvalue weighted by molar-refractivity contribution is 6.02. The molecular weight excluding hydrogens is 411 g/mol. The second kappa shape index (κ2) is 23.8. The van der Waals surface area contributed by atoms with Crippen molar-refractivity contribution in [3.8, 4) is 0 Å². The molecule has 0 aliphatic heterocycles. The maximum atomic E-state index is 12.6. The van der Waals surface area contributed by atoms with Crippen LogP contribution < -0.4 is 0 Å². The molecule has 1 atom stereocenters. The standard InChI is InChI=1S/C28H54O3.Al.3H/c1-5-8-9-10-11-12-13-14-15-16-17-18-19-20-21-22-24-28(23-6-2,26(4)29)27(30)31-25-7-3;;;;/h5-25H2,1-4H3;;;;. The van der Waals surface area contributed by atoms with Crippen molar-refractivity contribution >= 4 is 29.1 Å². The third-order valence-electron chi connectivity index (χ3n) is 6.64. The molecule has 0 saturated heterocycles. The second-order valence-corrected chi connectivity index (χ2v) is 9.58. The van der Waals surface area contributed by atoms with Crippen LogP contribution in [-0.4, -0.2) is 35.7 Å². The molecule has 0 N–H and O–H groups in total. The minimum Gasteiger partial charge on any atom is -0.465 e. The molecule has 0 aromatic carbocycles. The summed E-state index contributed by atoms with van der Waals surface area (Å²) in [5, 5.41) is 0. The molecular formula is C28H57AlO3. The second-order valence-electron chi connectivity index (χ2n) is 9.58. The van der Waals surface area contributed by atoms with E-state index in [0.29, 0.717) is 19.4 Å². The van der Waals surface area contributed by atoms with Gasteiger partial charge in [0.1, 0.15) is 11.2 Å². The molecule has 32 heavy (non-hydrogen) atoms. The lowest BCUT2D eigenvalue weighted by Gasteiger charge is -2.28. The number of carbonyl (C=O) groups is 2. The molecule has 0 heterocycles. The third kappa shape index (κ3) is 16.3. The number of Topliss-reactive ketones (excluding diaryl/α,β-unsaturated/α-hetero) is 1. The molecule has 0 aliphatic carbocycles. The number of esters is 1. The smallest absolute Gasteiger partial charge is 0.319 e. The van der Waals surface area contributed by atoms with Gasteiger partial charge < -0.3 is 4.74 Å². The van der Waals surface area contributed by atoms with Crippen LogP contribution in [0.5, 0.6) is 0 Å². The molecule has 3 nitrogen and oxygen atoms in total. The van der Waals surface area contributed by atoms with Crippen molar-refractivity contribution in [1.82, 2.24) is 0 Å². The van der Waals surface area contributed by atoms with E-state index in [2.05, 4.69) is 6.92 Å². The summed E-state index contributed by atoms with van der Waals surface area (Å²) in [4.78, 5) is 25.0. The van der Waals surface area contributed by atoms with Crippen molar-refractivity contribution in [2.75, 3.05) is 6.61 Å². The van der Waals surface area contributed by atoms with E-state index in [9.17, 15) is 9.59 Å². The molecule has 0 rings (SSSR count). The monoisotopic (exact) mass is 468 g/mol. The van der Waals surface area contributed by atoms with E-state index in [-0.39, 0.29) is 29.1 Å². The first kappa shape index (κ1) is 33.8. The maximum absolute atomic E-state index is 12.6. The quantitative estimate of drug-likeness (QED) is 0.0665. The van der Waals surface area contributed by atoms with E-state index >= 15 is 0 Å². The number of rotatable bonds is 23. The van der Waals surface area contributed by atoms with Gasteiger partial charge in [0.05, 0.1) is 6.61 Å². The SMILES string of the molecule is CCCCCCCCCCCCCCCCCCC(CCC)(C(C)=O)C(=O)OCCC.[AlH3]. The molecule has 190 valence electrons. The Morgan fingerprint density at radius 1 is 0.562 bits per heavy atom. The summed E-state index contributed by atoms with van der Waals surface area (Å²) < 4.78 is 5.39. The van der Waals surface area contributed by atoms with Gasteiger partial charge in [-0.05, 0) is 26.2 Å². The molecule has 4 heteroatoms. The highest BCUT2D eigenvalue weighted by Crippen LogP contribution is 2.34. The van der Waals surface area contributed by atoms with Gasteiger partial charge >= 0.3 is 5.97 Å². The number of ether oxygens (including phenoxy) is 1. The van der Waals surface area contributed by atoms with E-state index in [1.165, 1.54) is 89.9 Å². The minimum absolute atomic E-state index is 0. The molecule has 1 unspecified atom stereocenters. The summed E-state index contributed by atoms with van der Waals surface area (Å²) in [6.45, 7) is 8.28. The van der Waals surface area contributed by atoms with Gasteiger partial charge in [0.25, 0.3) is 0 Å². The van der Waals surface area contributed by atoms with Crippen LogP contribution in [0, 0.1) is 5.41 Å². The van der Waals surface area contributed by atoms with Gasteiger partial charge in [-0.25, -0.2) is 0 Å². The summed E-state index contributed by atoms with van der Waals surface area (Å²) >= 11 is 0. The molecule has 0 aromatic rings. The molecule has 0 bridgehead atoms. The van der Waals surface area contributed by atoms with Crippen molar-refractivity contribution in [3.05, 3.63) is 0 Å². The third-order valence-corrected chi connectivity index (χ3v) is 6.64. The molecule has 0 radical (unpaired) electrons. The number of hydrogen-bond acceptors (Lipinski definition) is 3. The normalized spacial score (nSPS) is 12.8. The van der Waals surface area contributed by atoms with Crippen LogP contribution in [-0.2, 0) is 14.3 Å². The van der Waals surface area contributed by atoms with Crippen LogP contribution in [0.3, 0.4) is 0 Å². The molecule has 0 saturated carbocycles. The molecule has 0 spiro atoms. The van der Waals surface area contributed by atoms with Gasteiger partial charge in [-0.1, -0.05) is 130 Å². The summed E-state index contributed by atoms with van der Waals surface area (Å²) in [5.41, 5.74) is -0.903. The van der Waals surface area contributed by atoms with Gasteiger partial charge in [-0.3, -0.25) is 9.59 Å². The van der Waals surface area contributed by atoms with E-state index < -0.39 is 5.41 Å². The Bertz CT molecular complexity index is 438. The Kier molecular flexibility index (Phi) is 25.2. The predicted octanol–water partition coefficient (Wildman–Crippen LogP) is 7.78. The molecule has 0 fully saturated rings. The first-order valence-corrected chi connectivity index (χ1v) is 13.7. The molecule has 0 aliphatic rings. The van der Waals surface area contributed by atoms with Crippen LogP contribution in [0.25, 0.3) is 0 Å². The summed E-state index contributed by atoms with van der Waals surface area (Å²) in [7, 11) is 0. The average Bonchev–Trinajstić information content (AvgIpc) is 2.76. The number of hydrogen-bond donors (Lipinski definition) is 0. The van der Waals surface area contributed by atoms with E-state index in [0.717, 1.165) is 25.7 Å². The van der Waals surface area contributed by atoms with Crippen molar-refractivity contribution in [2.45, 2.75) is 156 Å². The fourth-order valence-corrected chi connectivity index (χ4v) is 4.56. The molecule has 0 aromatic heterocycles. The van der Waals surface area contributed by atoms with E-state index in [1.807, 2.05) is 13.8 Å². The Morgan fingerprint density at radius 3 is 1.31 bits per heavy atom. The molecule has 0 amide bonds. The van der Waals surface area contributed by atoms with E-state index in [1.54, 1.807) is 6.92 Å². The Balaban J connectivity index is 0. The zero-order valence-corrected chi connectivity index (χ0v) is 21.6. The fraction of sp³-hybridized carbons (Fsp3) is 0.929. The average molecular weight is 469 g/mol. The van der Waals surface area contributed by atoms with Crippen LogP contribution in [0.2, 0.25) is 0 Å². The first-order chi connectivity index (χ1) is 15.0. The lowest BCUT2D eigenvalue weighted by atomic mass is 9.75. The maximum Gasteiger partial charge on any atom is 0.319 e. The van der Waals surface area contributed by atoms with Gasteiger partial charge in [-0.2, -0.15) is 0 Å². The van der Waals surface area contributed by atoms with Crippen molar-refractivity contribution in [3.63, 3.8) is 0 Å². The summed E-state index contributed by atoms with van der Waals surface area (Å²) in [6, 6.07) is 0. The van der Waals surface area contributed by atoms with Gasteiger partial charge in [0, 0.05) is 0 Å². The lowest BCUT2D eigenvalue weighted by Crippen LogP contribution is -2.39. The Hall–Kier alpha value is -0.328. The number of unbranched alkanes of at least 4 members (excludes halogenated alkanes) is 15. The van der Waals surface area contributed by atoms with Crippen molar-refractivity contribution in [2.24, 2.45) is 5.41 Å². The highest BCUT2D eigenvalue weighted by Gasteiger charge is 2.43. The Morgan fingerprint density at radius 2 is 0.969 bits per heavy atom. The fourth-order valence-electron chi connectivity index (χ4n) is 4.56. The topological polar surface area (TPSA) is 43.4 Å². The highest BCUT2D eigenvalue weighted by atomic mass is 27.0. The first-order valence-electron chi connectivity index (χ1n) is 13.7. The van der Waals surface area contributed by atoms with Crippen LogP contribution >= 0.6 is 0 Å². The Labute approximate surface area is 211 Å². The van der Waals surface area contributed by atoms with Gasteiger partial charge in [0.15, 0.2) is 17.4 Å². The summed E-state index contributed by atoms with van der Waals surface area (Å²) in [5.74, 6) is -0.305. The predicted molar refractivity (Wildman–Crippen MR) is 143 cm³/mol. The van der Waals surface area contributed by atoms with Crippen LogP contribution in [0.1, 0.15) is 156 Å². The summed E-state index contributed by atoms with van der Waals surface area (Å²) in [6.07, 6.45) is 24.2.